The van der Waals surface area contributed by atoms with Gasteiger partial charge in [-0.15, -0.1) is 12.4 Å². The molecule has 0 aliphatic carbocycles. The van der Waals surface area contributed by atoms with Crippen molar-refractivity contribution in [2.24, 2.45) is 11.7 Å². The minimum atomic E-state index is -0.381. The van der Waals surface area contributed by atoms with Crippen LogP contribution in [0.15, 0.2) is 54.6 Å². The van der Waals surface area contributed by atoms with E-state index in [0.29, 0.717) is 25.4 Å². The minimum absolute atomic E-state index is 0. The van der Waals surface area contributed by atoms with Gasteiger partial charge in [0.15, 0.2) is 6.61 Å². The highest BCUT2D eigenvalue weighted by Gasteiger charge is 2.35. The first-order valence-electron chi connectivity index (χ1n) is 8.08. The summed E-state index contributed by atoms with van der Waals surface area (Å²) in [6.45, 7) is 1.70. The molecule has 0 bridgehead atoms. The number of amides is 1. The number of hydrogen-bond donors (Lipinski definition) is 1. The van der Waals surface area contributed by atoms with E-state index in [4.69, 9.17) is 10.5 Å². The Labute approximate surface area is 153 Å². The van der Waals surface area contributed by atoms with Crippen LogP contribution in [0, 0.1) is 11.7 Å². The van der Waals surface area contributed by atoms with E-state index in [9.17, 15) is 9.18 Å². The summed E-state index contributed by atoms with van der Waals surface area (Å²) >= 11 is 0. The van der Waals surface area contributed by atoms with Crippen LogP contribution in [0.25, 0.3) is 0 Å². The summed E-state index contributed by atoms with van der Waals surface area (Å²) in [7, 11) is 0. The average molecular weight is 365 g/mol. The molecule has 2 aromatic carbocycles. The number of rotatable bonds is 5. The molecule has 1 saturated heterocycles. The van der Waals surface area contributed by atoms with Crippen molar-refractivity contribution in [2.45, 2.75) is 5.92 Å². The van der Waals surface area contributed by atoms with E-state index in [1.807, 2.05) is 18.2 Å². The van der Waals surface area contributed by atoms with Crippen molar-refractivity contribution >= 4 is 18.3 Å². The highest BCUT2D eigenvalue weighted by Crippen LogP contribution is 2.32. The topological polar surface area (TPSA) is 55.6 Å². The maximum absolute atomic E-state index is 13.1. The first kappa shape index (κ1) is 19.2. The van der Waals surface area contributed by atoms with E-state index in [-0.39, 0.29) is 42.6 Å². The van der Waals surface area contributed by atoms with E-state index in [2.05, 4.69) is 12.1 Å². The fraction of sp³-hybridized carbons (Fsp3) is 0.316. The SMILES string of the molecule is Cl.NC[C@@H]1CN(C(=O)COc2cccc(F)c2)C[C@H]1c1ccccc1. The predicted molar refractivity (Wildman–Crippen MR) is 97.5 cm³/mol. The smallest absolute Gasteiger partial charge is 0.260 e. The summed E-state index contributed by atoms with van der Waals surface area (Å²) in [5, 5.41) is 0. The Morgan fingerprint density at radius 1 is 1.16 bits per heavy atom. The van der Waals surface area contributed by atoms with Gasteiger partial charge in [-0.2, -0.15) is 0 Å². The summed E-state index contributed by atoms with van der Waals surface area (Å²) in [5.74, 6) is 0.363. The molecule has 0 unspecified atom stereocenters. The summed E-state index contributed by atoms with van der Waals surface area (Å²) in [4.78, 5) is 14.2. The molecule has 134 valence electrons. The highest BCUT2D eigenvalue weighted by atomic mass is 35.5. The maximum atomic E-state index is 13.1. The van der Waals surface area contributed by atoms with Crippen LogP contribution in [0.2, 0.25) is 0 Å². The number of nitrogens with two attached hydrogens (primary N) is 1. The molecular formula is C19H22ClFN2O2. The Balaban J connectivity index is 0.00000225. The first-order chi connectivity index (χ1) is 11.7. The number of carbonyl (C=O) groups excluding carboxylic acids is 1. The molecule has 0 aromatic heterocycles. The third-order valence-electron chi connectivity index (χ3n) is 4.48. The Kier molecular flexibility index (Phi) is 6.79. The largest absolute Gasteiger partial charge is 0.484 e. The molecule has 1 heterocycles. The lowest BCUT2D eigenvalue weighted by atomic mass is 9.89. The van der Waals surface area contributed by atoms with Crippen LogP contribution >= 0.6 is 12.4 Å². The second kappa shape index (κ2) is 8.83. The molecular weight excluding hydrogens is 343 g/mol. The molecule has 2 aromatic rings. The number of hydrogen-bond acceptors (Lipinski definition) is 3. The molecule has 0 saturated carbocycles. The summed E-state index contributed by atoms with van der Waals surface area (Å²) in [6.07, 6.45) is 0. The van der Waals surface area contributed by atoms with Crippen LogP contribution in [-0.4, -0.2) is 37.0 Å². The van der Waals surface area contributed by atoms with E-state index < -0.39 is 0 Å². The van der Waals surface area contributed by atoms with Gasteiger partial charge in [0.05, 0.1) is 0 Å². The van der Waals surface area contributed by atoms with Crippen LogP contribution in [-0.2, 0) is 4.79 Å². The summed E-state index contributed by atoms with van der Waals surface area (Å²) in [5.41, 5.74) is 7.10. The molecule has 1 aliphatic rings. The summed E-state index contributed by atoms with van der Waals surface area (Å²) < 4.78 is 18.5. The lowest BCUT2D eigenvalue weighted by Crippen LogP contribution is -2.33. The van der Waals surface area contributed by atoms with Gasteiger partial charge in [-0.3, -0.25) is 4.79 Å². The van der Waals surface area contributed by atoms with Crippen molar-refractivity contribution in [3.05, 3.63) is 66.0 Å². The molecule has 0 radical (unpaired) electrons. The highest BCUT2D eigenvalue weighted by molar-refractivity contribution is 5.85. The molecule has 2 atom stereocenters. The van der Waals surface area contributed by atoms with E-state index in [1.165, 1.54) is 17.7 Å². The maximum Gasteiger partial charge on any atom is 0.260 e. The molecule has 3 rings (SSSR count). The van der Waals surface area contributed by atoms with Crippen molar-refractivity contribution in [3.63, 3.8) is 0 Å². The zero-order chi connectivity index (χ0) is 16.9. The van der Waals surface area contributed by atoms with Gasteiger partial charge in [0, 0.05) is 25.1 Å². The minimum Gasteiger partial charge on any atom is -0.484 e. The Bertz CT molecular complexity index is 699. The number of benzene rings is 2. The number of halogens is 2. The fourth-order valence-electron chi connectivity index (χ4n) is 3.18. The monoisotopic (exact) mass is 364 g/mol. The molecule has 6 heteroatoms. The standard InChI is InChI=1S/C19H21FN2O2.ClH/c20-16-7-4-8-17(9-16)24-13-19(23)22-11-15(10-21)18(12-22)14-5-2-1-3-6-14;/h1-9,15,18H,10-13,21H2;1H/t15-,18+;/m1./s1. The van der Waals surface area contributed by atoms with E-state index >= 15 is 0 Å². The van der Waals surface area contributed by atoms with Gasteiger partial charge in [-0.05, 0) is 30.2 Å². The van der Waals surface area contributed by atoms with Gasteiger partial charge in [-0.25, -0.2) is 4.39 Å². The van der Waals surface area contributed by atoms with Crippen molar-refractivity contribution in [2.75, 3.05) is 26.2 Å². The van der Waals surface area contributed by atoms with Gasteiger partial charge in [0.2, 0.25) is 0 Å². The van der Waals surface area contributed by atoms with Crippen LogP contribution in [0.5, 0.6) is 5.75 Å². The predicted octanol–water partition coefficient (Wildman–Crippen LogP) is 2.83. The number of nitrogens with zero attached hydrogens (tertiary/aromatic N) is 1. The Morgan fingerprint density at radius 3 is 2.60 bits per heavy atom. The van der Waals surface area contributed by atoms with Gasteiger partial charge in [0.25, 0.3) is 5.91 Å². The van der Waals surface area contributed by atoms with Crippen molar-refractivity contribution in [1.29, 1.82) is 0 Å². The Hall–Kier alpha value is -2.11. The summed E-state index contributed by atoms with van der Waals surface area (Å²) in [6, 6.07) is 15.9. The van der Waals surface area contributed by atoms with E-state index in [1.54, 1.807) is 17.0 Å². The number of likely N-dealkylation sites (tertiary alicyclic amines) is 1. The zero-order valence-corrected chi connectivity index (χ0v) is 14.6. The Morgan fingerprint density at radius 2 is 1.92 bits per heavy atom. The van der Waals surface area contributed by atoms with Crippen LogP contribution in [0.1, 0.15) is 11.5 Å². The number of ether oxygens (including phenoxy) is 1. The molecule has 1 amide bonds. The normalized spacial score (nSPS) is 19.4. The molecule has 1 aliphatic heterocycles. The van der Waals surface area contributed by atoms with Crippen LogP contribution in [0.4, 0.5) is 4.39 Å². The lowest BCUT2D eigenvalue weighted by Gasteiger charge is -2.17. The van der Waals surface area contributed by atoms with Crippen LogP contribution in [0.3, 0.4) is 0 Å². The van der Waals surface area contributed by atoms with Gasteiger partial charge < -0.3 is 15.4 Å². The second-order valence-corrected chi connectivity index (χ2v) is 6.06. The third-order valence-corrected chi connectivity index (χ3v) is 4.48. The number of carbonyl (C=O) groups is 1. The zero-order valence-electron chi connectivity index (χ0n) is 13.8. The third kappa shape index (κ3) is 4.71. The molecule has 0 spiro atoms. The quantitative estimate of drug-likeness (QED) is 0.887. The van der Waals surface area contributed by atoms with Crippen LogP contribution < -0.4 is 10.5 Å². The molecule has 1 fully saturated rings. The first-order valence-corrected chi connectivity index (χ1v) is 8.08. The molecule has 2 N–H and O–H groups in total. The van der Waals surface area contributed by atoms with Crippen molar-refractivity contribution in [1.82, 2.24) is 4.90 Å². The van der Waals surface area contributed by atoms with Crippen molar-refractivity contribution < 1.29 is 13.9 Å². The van der Waals surface area contributed by atoms with Gasteiger partial charge in [-0.1, -0.05) is 36.4 Å². The molecule has 25 heavy (non-hydrogen) atoms. The second-order valence-electron chi connectivity index (χ2n) is 6.06. The van der Waals surface area contributed by atoms with Crippen molar-refractivity contribution in [3.8, 4) is 5.75 Å². The van der Waals surface area contributed by atoms with E-state index in [0.717, 1.165) is 0 Å². The fourth-order valence-corrected chi connectivity index (χ4v) is 3.18. The lowest BCUT2D eigenvalue weighted by molar-refractivity contribution is -0.132. The van der Waals surface area contributed by atoms with Gasteiger partial charge in [0.1, 0.15) is 11.6 Å². The van der Waals surface area contributed by atoms with Gasteiger partial charge >= 0.3 is 0 Å². The molecule has 4 nitrogen and oxygen atoms in total. The average Bonchev–Trinajstić information content (AvgIpc) is 3.05.